The second kappa shape index (κ2) is 6.52. The van der Waals surface area contributed by atoms with Crippen LogP contribution in [0.25, 0.3) is 0 Å². The summed E-state index contributed by atoms with van der Waals surface area (Å²) in [6.07, 6.45) is 0. The van der Waals surface area contributed by atoms with Gasteiger partial charge < -0.3 is 14.4 Å². The van der Waals surface area contributed by atoms with Crippen LogP contribution in [0.2, 0.25) is 0 Å². The lowest BCUT2D eigenvalue weighted by molar-refractivity contribution is -0.908. The van der Waals surface area contributed by atoms with Crippen molar-refractivity contribution in [2.45, 2.75) is 6.92 Å². The van der Waals surface area contributed by atoms with Crippen LogP contribution in [0, 0.1) is 6.92 Å². The van der Waals surface area contributed by atoms with Gasteiger partial charge in [0.05, 0.1) is 18.8 Å². The lowest BCUT2D eigenvalue weighted by atomic mass is 10.1. The van der Waals surface area contributed by atoms with Crippen LogP contribution in [0.3, 0.4) is 0 Å². The molecule has 0 amide bonds. The van der Waals surface area contributed by atoms with E-state index in [0.717, 1.165) is 38.4 Å². The average molecular weight is 250 g/mol. The smallest absolute Gasteiger partial charge is 0.338 e. The van der Waals surface area contributed by atoms with Crippen LogP contribution < -0.4 is 4.90 Å². The fourth-order valence-electron chi connectivity index (χ4n) is 2.05. The fourth-order valence-corrected chi connectivity index (χ4v) is 2.05. The summed E-state index contributed by atoms with van der Waals surface area (Å²) in [5.41, 5.74) is 1.70. The van der Waals surface area contributed by atoms with E-state index in [-0.39, 0.29) is 5.97 Å². The molecule has 1 fully saturated rings. The molecule has 1 N–H and O–H groups in total. The maximum atomic E-state index is 11.8. The van der Waals surface area contributed by atoms with Gasteiger partial charge >= 0.3 is 5.97 Å². The Kier molecular flexibility index (Phi) is 4.73. The van der Waals surface area contributed by atoms with Gasteiger partial charge in [-0.3, -0.25) is 0 Å². The van der Waals surface area contributed by atoms with Gasteiger partial charge in [0.25, 0.3) is 0 Å². The highest BCUT2D eigenvalue weighted by molar-refractivity contribution is 5.89. The van der Waals surface area contributed by atoms with Gasteiger partial charge in [0.1, 0.15) is 26.2 Å². The van der Waals surface area contributed by atoms with Gasteiger partial charge in [-0.25, -0.2) is 4.79 Å². The van der Waals surface area contributed by atoms with Crippen LogP contribution >= 0.6 is 0 Å². The fraction of sp³-hybridized carbons (Fsp3) is 0.500. The maximum absolute atomic E-state index is 11.8. The number of carbonyl (C=O) groups is 1. The predicted molar refractivity (Wildman–Crippen MR) is 67.8 cm³/mol. The minimum Gasteiger partial charge on any atom is -0.456 e. The minimum absolute atomic E-state index is 0.230. The van der Waals surface area contributed by atoms with Gasteiger partial charge in [-0.2, -0.15) is 0 Å². The average Bonchev–Trinajstić information content (AvgIpc) is 2.40. The zero-order valence-corrected chi connectivity index (χ0v) is 10.8. The maximum Gasteiger partial charge on any atom is 0.338 e. The zero-order chi connectivity index (χ0) is 12.8. The van der Waals surface area contributed by atoms with Crippen molar-refractivity contribution in [2.75, 3.05) is 39.5 Å². The molecular formula is C14H20NO3+. The molecule has 1 aromatic rings. The number of esters is 1. The summed E-state index contributed by atoms with van der Waals surface area (Å²) in [6, 6.07) is 7.48. The number of aryl methyl sites for hydroxylation is 1. The van der Waals surface area contributed by atoms with E-state index in [1.807, 2.05) is 25.1 Å². The van der Waals surface area contributed by atoms with Gasteiger partial charge in [-0.15, -0.1) is 0 Å². The van der Waals surface area contributed by atoms with Gasteiger partial charge in [0, 0.05) is 0 Å². The topological polar surface area (TPSA) is 40.0 Å². The van der Waals surface area contributed by atoms with Crippen LogP contribution in [0.1, 0.15) is 15.9 Å². The Morgan fingerprint density at radius 1 is 1.39 bits per heavy atom. The van der Waals surface area contributed by atoms with Crippen molar-refractivity contribution >= 4 is 5.97 Å². The molecule has 4 nitrogen and oxygen atoms in total. The van der Waals surface area contributed by atoms with Crippen molar-refractivity contribution in [3.05, 3.63) is 35.4 Å². The Morgan fingerprint density at radius 2 is 2.17 bits per heavy atom. The molecule has 0 saturated carbocycles. The highest BCUT2D eigenvalue weighted by atomic mass is 16.5. The van der Waals surface area contributed by atoms with Crippen LogP contribution in [-0.4, -0.2) is 45.4 Å². The van der Waals surface area contributed by atoms with Gasteiger partial charge in [0.15, 0.2) is 0 Å². The van der Waals surface area contributed by atoms with Crippen LogP contribution in [0.15, 0.2) is 24.3 Å². The first kappa shape index (κ1) is 13.1. The van der Waals surface area contributed by atoms with Crippen molar-refractivity contribution in [3.63, 3.8) is 0 Å². The monoisotopic (exact) mass is 250 g/mol. The van der Waals surface area contributed by atoms with Crippen molar-refractivity contribution in [3.8, 4) is 0 Å². The summed E-state index contributed by atoms with van der Waals surface area (Å²) in [6.45, 7) is 6.92. The summed E-state index contributed by atoms with van der Waals surface area (Å²) in [7, 11) is 0. The number of hydrogen-bond acceptors (Lipinski definition) is 3. The molecule has 4 heteroatoms. The van der Waals surface area contributed by atoms with Crippen molar-refractivity contribution in [1.82, 2.24) is 0 Å². The highest BCUT2D eigenvalue weighted by Gasteiger charge is 2.14. The molecule has 1 heterocycles. The summed E-state index contributed by atoms with van der Waals surface area (Å²) in [4.78, 5) is 13.2. The van der Waals surface area contributed by atoms with E-state index in [4.69, 9.17) is 9.47 Å². The summed E-state index contributed by atoms with van der Waals surface area (Å²) in [5, 5.41) is 0. The SMILES string of the molecule is Cc1cccc(C(=O)OCC[NH+]2CCOCC2)c1. The van der Waals surface area contributed by atoms with E-state index in [9.17, 15) is 4.79 Å². The van der Waals surface area contributed by atoms with Gasteiger partial charge in [-0.1, -0.05) is 17.7 Å². The standard InChI is InChI=1S/C14H19NO3/c1-12-3-2-4-13(11-12)14(16)18-10-7-15-5-8-17-9-6-15/h2-4,11H,5-10H2,1H3/p+1. The van der Waals surface area contributed by atoms with Crippen LogP contribution in [-0.2, 0) is 9.47 Å². The molecule has 1 saturated heterocycles. The molecule has 18 heavy (non-hydrogen) atoms. The number of ether oxygens (including phenoxy) is 2. The number of rotatable bonds is 4. The third-order valence-corrected chi connectivity index (χ3v) is 3.14. The van der Waals surface area contributed by atoms with E-state index in [2.05, 4.69) is 0 Å². The number of carbonyl (C=O) groups excluding carboxylic acids is 1. The molecule has 2 rings (SSSR count). The Balaban J connectivity index is 1.74. The molecule has 0 bridgehead atoms. The van der Waals surface area contributed by atoms with Crippen molar-refractivity contribution in [2.24, 2.45) is 0 Å². The molecule has 1 aliphatic heterocycles. The number of benzene rings is 1. The first-order chi connectivity index (χ1) is 8.75. The Morgan fingerprint density at radius 3 is 2.89 bits per heavy atom. The summed E-state index contributed by atoms with van der Waals surface area (Å²) < 4.78 is 10.6. The Hall–Kier alpha value is -1.39. The Bertz CT molecular complexity index is 400. The second-order valence-electron chi connectivity index (χ2n) is 4.62. The number of quaternary nitrogens is 1. The second-order valence-corrected chi connectivity index (χ2v) is 4.62. The lowest BCUT2D eigenvalue weighted by Gasteiger charge is -2.23. The minimum atomic E-state index is -0.230. The van der Waals surface area contributed by atoms with Gasteiger partial charge in [0.2, 0.25) is 0 Å². The molecule has 0 atom stereocenters. The molecule has 0 aliphatic carbocycles. The highest BCUT2D eigenvalue weighted by Crippen LogP contribution is 2.05. The van der Waals surface area contributed by atoms with E-state index in [0.29, 0.717) is 12.2 Å². The zero-order valence-electron chi connectivity index (χ0n) is 10.8. The van der Waals surface area contributed by atoms with Crippen LogP contribution in [0.4, 0.5) is 0 Å². The number of morpholine rings is 1. The molecule has 0 unspecified atom stereocenters. The van der Waals surface area contributed by atoms with E-state index >= 15 is 0 Å². The normalized spacial score (nSPS) is 16.5. The molecule has 0 spiro atoms. The molecule has 1 aromatic carbocycles. The lowest BCUT2D eigenvalue weighted by Crippen LogP contribution is -3.14. The third kappa shape index (κ3) is 3.82. The third-order valence-electron chi connectivity index (χ3n) is 3.14. The number of hydrogen-bond donors (Lipinski definition) is 1. The van der Waals surface area contributed by atoms with Crippen molar-refractivity contribution in [1.29, 1.82) is 0 Å². The summed E-state index contributed by atoms with van der Waals surface area (Å²) >= 11 is 0. The van der Waals surface area contributed by atoms with E-state index in [1.54, 1.807) is 6.07 Å². The first-order valence-corrected chi connectivity index (χ1v) is 6.41. The molecule has 1 aliphatic rings. The van der Waals surface area contributed by atoms with Gasteiger partial charge in [-0.05, 0) is 19.1 Å². The quantitative estimate of drug-likeness (QED) is 0.769. The largest absolute Gasteiger partial charge is 0.456 e. The summed E-state index contributed by atoms with van der Waals surface area (Å²) in [5.74, 6) is -0.230. The predicted octanol–water partition coefficient (Wildman–Crippen LogP) is 0.0669. The van der Waals surface area contributed by atoms with Crippen LogP contribution in [0.5, 0.6) is 0 Å². The molecular weight excluding hydrogens is 230 g/mol. The Labute approximate surface area is 107 Å². The molecule has 0 aromatic heterocycles. The first-order valence-electron chi connectivity index (χ1n) is 6.41. The van der Waals surface area contributed by atoms with E-state index < -0.39 is 0 Å². The van der Waals surface area contributed by atoms with Crippen molar-refractivity contribution < 1.29 is 19.2 Å². The molecule has 0 radical (unpaired) electrons. The van der Waals surface area contributed by atoms with E-state index in [1.165, 1.54) is 4.90 Å². The molecule has 98 valence electrons. The number of nitrogens with one attached hydrogen (secondary N) is 1.